The number of hydrogen-bond donors (Lipinski definition) is 0. The number of esters is 3. The van der Waals surface area contributed by atoms with Crippen LogP contribution in [0.4, 0.5) is 0 Å². The Morgan fingerprint density at radius 1 is 0.259 bits per heavy atom. The van der Waals surface area contributed by atoms with E-state index in [1.165, 1.54) is 89.9 Å². The largest absolute Gasteiger partial charge is 0.462 e. The predicted octanol–water partition coefficient (Wildman–Crippen LogP) is 23.1. The number of hydrogen-bond acceptors (Lipinski definition) is 6. The van der Waals surface area contributed by atoms with Gasteiger partial charge in [0.05, 0.1) is 0 Å². The van der Waals surface area contributed by atoms with E-state index in [0.717, 1.165) is 161 Å². The molecule has 0 saturated carbocycles. The topological polar surface area (TPSA) is 78.9 Å². The van der Waals surface area contributed by atoms with Gasteiger partial charge in [-0.25, -0.2) is 0 Å². The molecule has 458 valence electrons. The van der Waals surface area contributed by atoms with Crippen LogP contribution in [-0.2, 0) is 28.6 Å². The van der Waals surface area contributed by atoms with Gasteiger partial charge in [-0.1, -0.05) is 269 Å². The van der Waals surface area contributed by atoms with E-state index >= 15 is 0 Å². The quantitative estimate of drug-likeness (QED) is 0.0261. The third-order valence-corrected chi connectivity index (χ3v) is 13.8. The third-order valence-electron chi connectivity index (χ3n) is 13.8. The number of unbranched alkanes of at least 4 members (excludes halogenated alkanes) is 24. The standard InChI is InChI=1S/C75H122O6/c1-4-7-10-13-16-19-22-25-28-30-32-33-34-35-36-37-38-39-40-41-43-44-47-50-53-56-59-62-65-68-74(77)80-71-72(70-79-73(76)67-64-61-58-55-52-49-46-27-24-21-18-15-12-9-6-3)81-75(78)69-66-63-60-57-54-51-48-45-42-31-29-26-23-20-17-14-11-8-5-2/h7,10,16-17,19-20,25-29,32-33,35-36,38-39,41-43,45-47,50,72H,4-6,8-9,11-15,18,21-24,30-31,34,37,40,44,48-49,51-71H2,1-3H3/b10-7-,19-16-,20-17-,28-25-,29-26-,33-32-,36-35-,39-38-,43-41-,45-42-,46-27-,50-47-. The van der Waals surface area contributed by atoms with Crippen LogP contribution in [0.2, 0.25) is 0 Å². The summed E-state index contributed by atoms with van der Waals surface area (Å²) >= 11 is 0. The summed E-state index contributed by atoms with van der Waals surface area (Å²) in [5, 5.41) is 0. The van der Waals surface area contributed by atoms with Crippen molar-refractivity contribution in [2.24, 2.45) is 0 Å². The van der Waals surface area contributed by atoms with Crippen LogP contribution in [0.5, 0.6) is 0 Å². The van der Waals surface area contributed by atoms with Crippen LogP contribution in [0.15, 0.2) is 146 Å². The number of carbonyl (C=O) groups is 3. The molecular weight excluding hydrogens is 997 g/mol. The molecule has 0 aromatic rings. The van der Waals surface area contributed by atoms with E-state index in [-0.39, 0.29) is 31.1 Å². The minimum Gasteiger partial charge on any atom is -0.462 e. The highest BCUT2D eigenvalue weighted by molar-refractivity contribution is 5.71. The van der Waals surface area contributed by atoms with Crippen LogP contribution in [0.25, 0.3) is 0 Å². The molecule has 0 fully saturated rings. The predicted molar refractivity (Wildman–Crippen MR) is 352 cm³/mol. The summed E-state index contributed by atoms with van der Waals surface area (Å²) in [5.74, 6) is -0.945. The monoisotopic (exact) mass is 1120 g/mol. The molecule has 81 heavy (non-hydrogen) atoms. The summed E-state index contributed by atoms with van der Waals surface area (Å²) in [4.78, 5) is 38.4. The number of carbonyl (C=O) groups excluding carboxylic acids is 3. The fourth-order valence-corrected chi connectivity index (χ4v) is 8.81. The van der Waals surface area contributed by atoms with Crippen LogP contribution < -0.4 is 0 Å². The summed E-state index contributed by atoms with van der Waals surface area (Å²) in [7, 11) is 0. The molecule has 0 rings (SSSR count). The van der Waals surface area contributed by atoms with Gasteiger partial charge in [-0.15, -0.1) is 0 Å². The Morgan fingerprint density at radius 3 is 0.790 bits per heavy atom. The molecule has 0 spiro atoms. The molecular formula is C75H122O6. The van der Waals surface area contributed by atoms with Gasteiger partial charge in [0.25, 0.3) is 0 Å². The Balaban J connectivity index is 4.45. The fourth-order valence-electron chi connectivity index (χ4n) is 8.81. The van der Waals surface area contributed by atoms with Gasteiger partial charge in [-0.2, -0.15) is 0 Å². The lowest BCUT2D eigenvalue weighted by molar-refractivity contribution is -0.167. The molecule has 1 unspecified atom stereocenters. The molecule has 0 aromatic heterocycles. The summed E-state index contributed by atoms with van der Waals surface area (Å²) in [5.41, 5.74) is 0. The second-order valence-corrected chi connectivity index (χ2v) is 21.6. The van der Waals surface area contributed by atoms with Gasteiger partial charge < -0.3 is 14.2 Å². The highest BCUT2D eigenvalue weighted by Gasteiger charge is 2.19. The van der Waals surface area contributed by atoms with Gasteiger partial charge in [0.1, 0.15) is 13.2 Å². The zero-order chi connectivity index (χ0) is 58.5. The van der Waals surface area contributed by atoms with Gasteiger partial charge in [0, 0.05) is 19.3 Å². The van der Waals surface area contributed by atoms with Gasteiger partial charge in [-0.3, -0.25) is 14.4 Å². The summed E-state index contributed by atoms with van der Waals surface area (Å²) in [6.45, 7) is 6.46. The average Bonchev–Trinajstić information content (AvgIpc) is 3.47. The van der Waals surface area contributed by atoms with Crippen molar-refractivity contribution >= 4 is 17.9 Å². The van der Waals surface area contributed by atoms with E-state index in [2.05, 4.69) is 167 Å². The van der Waals surface area contributed by atoms with Gasteiger partial charge >= 0.3 is 17.9 Å². The maximum atomic E-state index is 12.9. The van der Waals surface area contributed by atoms with E-state index in [0.29, 0.717) is 19.3 Å². The molecule has 0 aromatic carbocycles. The molecule has 0 heterocycles. The van der Waals surface area contributed by atoms with Crippen molar-refractivity contribution in [1.29, 1.82) is 0 Å². The summed E-state index contributed by atoms with van der Waals surface area (Å²) in [6, 6.07) is 0. The molecule has 0 radical (unpaired) electrons. The van der Waals surface area contributed by atoms with E-state index in [1.54, 1.807) is 0 Å². The summed E-state index contributed by atoms with van der Waals surface area (Å²) < 4.78 is 16.9. The maximum absolute atomic E-state index is 12.9. The van der Waals surface area contributed by atoms with Crippen molar-refractivity contribution in [3.63, 3.8) is 0 Å². The lowest BCUT2D eigenvalue weighted by Gasteiger charge is -2.18. The maximum Gasteiger partial charge on any atom is 0.306 e. The molecule has 0 aliphatic rings. The molecule has 0 amide bonds. The number of allylic oxidation sites excluding steroid dienone is 24. The zero-order valence-electron chi connectivity index (χ0n) is 52.5. The Kier molecular flexibility index (Phi) is 63.9. The Morgan fingerprint density at radius 2 is 0.481 bits per heavy atom. The first-order chi connectivity index (χ1) is 40.0. The second kappa shape index (κ2) is 67.8. The van der Waals surface area contributed by atoms with Crippen molar-refractivity contribution in [3.05, 3.63) is 146 Å². The van der Waals surface area contributed by atoms with Crippen LogP contribution in [0.3, 0.4) is 0 Å². The zero-order valence-corrected chi connectivity index (χ0v) is 52.5. The molecule has 1 atom stereocenters. The van der Waals surface area contributed by atoms with Crippen molar-refractivity contribution in [1.82, 2.24) is 0 Å². The lowest BCUT2D eigenvalue weighted by Crippen LogP contribution is -2.30. The first kappa shape index (κ1) is 76.3. The normalized spacial score (nSPS) is 13.1. The SMILES string of the molecule is CC/C=C\C/C=C\C/C=C\C/C=C\C/C=C\C/C=C\C/C=C\C/C=C\CCCCCCC(=O)OCC(COC(=O)CCCCCCC/C=C\CCCCCCCC)OC(=O)CCCCCCCC/C=C\C/C=C\C/C=C\CCCCC. The van der Waals surface area contributed by atoms with Crippen molar-refractivity contribution < 1.29 is 28.6 Å². The van der Waals surface area contributed by atoms with E-state index in [9.17, 15) is 14.4 Å². The lowest BCUT2D eigenvalue weighted by atomic mass is 10.1. The van der Waals surface area contributed by atoms with Crippen molar-refractivity contribution in [2.45, 2.75) is 297 Å². The second-order valence-electron chi connectivity index (χ2n) is 21.6. The van der Waals surface area contributed by atoms with Crippen LogP contribution in [0.1, 0.15) is 290 Å². The van der Waals surface area contributed by atoms with E-state index in [4.69, 9.17) is 14.2 Å². The smallest absolute Gasteiger partial charge is 0.306 e. The Bertz CT molecular complexity index is 1760. The average molecular weight is 1120 g/mol. The van der Waals surface area contributed by atoms with E-state index in [1.807, 2.05) is 0 Å². The van der Waals surface area contributed by atoms with Crippen LogP contribution >= 0.6 is 0 Å². The first-order valence-electron chi connectivity index (χ1n) is 33.3. The van der Waals surface area contributed by atoms with Gasteiger partial charge in [0.15, 0.2) is 6.10 Å². The van der Waals surface area contributed by atoms with Gasteiger partial charge in [-0.05, 0) is 148 Å². The highest BCUT2D eigenvalue weighted by Crippen LogP contribution is 2.14. The third kappa shape index (κ3) is 66.0. The Labute approximate surface area is 499 Å². The molecule has 6 heteroatoms. The minimum absolute atomic E-state index is 0.100. The molecule has 0 aliphatic carbocycles. The number of rotatable bonds is 59. The van der Waals surface area contributed by atoms with E-state index < -0.39 is 6.10 Å². The van der Waals surface area contributed by atoms with Crippen molar-refractivity contribution in [3.8, 4) is 0 Å². The van der Waals surface area contributed by atoms with Crippen LogP contribution in [0, 0.1) is 0 Å². The number of ether oxygens (including phenoxy) is 3. The summed E-state index contributed by atoms with van der Waals surface area (Å²) in [6.07, 6.45) is 97.0. The minimum atomic E-state index is -0.807. The van der Waals surface area contributed by atoms with Crippen molar-refractivity contribution in [2.75, 3.05) is 13.2 Å². The van der Waals surface area contributed by atoms with Crippen LogP contribution in [-0.4, -0.2) is 37.2 Å². The molecule has 0 bridgehead atoms. The fraction of sp³-hybridized carbons (Fsp3) is 0.640. The Hall–Kier alpha value is -4.71. The highest BCUT2D eigenvalue weighted by atomic mass is 16.6. The first-order valence-corrected chi connectivity index (χ1v) is 33.3. The molecule has 0 aliphatic heterocycles. The van der Waals surface area contributed by atoms with Gasteiger partial charge in [0.2, 0.25) is 0 Å². The molecule has 0 saturated heterocycles. The molecule has 0 N–H and O–H groups in total. The molecule has 6 nitrogen and oxygen atoms in total.